The Morgan fingerprint density at radius 1 is 1.27 bits per heavy atom. The van der Waals surface area contributed by atoms with E-state index in [2.05, 4.69) is 31.8 Å². The van der Waals surface area contributed by atoms with E-state index >= 15 is 0 Å². The monoisotopic (exact) mass is 202 g/mol. The van der Waals surface area contributed by atoms with Crippen molar-refractivity contribution in [2.24, 2.45) is 10.4 Å². The molecule has 1 N–H and O–H groups in total. The fraction of sp³-hybridized carbons (Fsp3) is 0.385. The lowest BCUT2D eigenvalue weighted by Crippen LogP contribution is -2.13. The van der Waals surface area contributed by atoms with Crippen LogP contribution in [-0.4, -0.2) is 19.0 Å². The van der Waals surface area contributed by atoms with Gasteiger partial charge in [-0.05, 0) is 23.1 Å². The summed E-state index contributed by atoms with van der Waals surface area (Å²) < 4.78 is 0. The zero-order chi connectivity index (χ0) is 11.5. The Bertz CT molecular complexity index is 374. The molecule has 2 nitrogen and oxygen atoms in total. The zero-order valence-corrected chi connectivity index (χ0v) is 9.83. The minimum atomic E-state index is 0.104. The van der Waals surface area contributed by atoms with E-state index in [4.69, 9.17) is 5.41 Å². The normalized spacial score (nSPS) is 20.1. The summed E-state index contributed by atoms with van der Waals surface area (Å²) in [6, 6.07) is 0. The van der Waals surface area contributed by atoms with E-state index in [-0.39, 0.29) is 5.41 Å². The highest BCUT2D eigenvalue weighted by Crippen LogP contribution is 2.29. The first-order valence-electron chi connectivity index (χ1n) is 5.07. The van der Waals surface area contributed by atoms with Crippen LogP contribution in [0.15, 0.2) is 40.4 Å². The third-order valence-electron chi connectivity index (χ3n) is 2.32. The summed E-state index contributed by atoms with van der Waals surface area (Å²) >= 11 is 0. The van der Waals surface area contributed by atoms with Crippen molar-refractivity contribution in [1.82, 2.24) is 0 Å². The van der Waals surface area contributed by atoms with Crippen molar-refractivity contribution in [3.63, 3.8) is 0 Å². The lowest BCUT2D eigenvalue weighted by atomic mass is 9.82. The van der Waals surface area contributed by atoms with Crippen LogP contribution < -0.4 is 0 Å². The average Bonchev–Trinajstić information content (AvgIpc) is 2.14. The summed E-state index contributed by atoms with van der Waals surface area (Å²) in [6.07, 6.45) is 9.55. The Hall–Kier alpha value is -1.44. The van der Waals surface area contributed by atoms with Crippen molar-refractivity contribution in [2.75, 3.05) is 7.05 Å². The zero-order valence-electron chi connectivity index (χ0n) is 9.83. The molecular formula is C13H18N2. The summed E-state index contributed by atoms with van der Waals surface area (Å²) in [5, 5.41) is 7.88. The predicted molar refractivity (Wildman–Crippen MR) is 66.9 cm³/mol. The predicted octanol–water partition coefficient (Wildman–Crippen LogP) is 3.18. The van der Waals surface area contributed by atoms with Crippen LogP contribution in [0.5, 0.6) is 0 Å². The van der Waals surface area contributed by atoms with Crippen molar-refractivity contribution >= 4 is 11.9 Å². The largest absolute Gasteiger partial charge is 0.300 e. The Kier molecular flexibility index (Phi) is 3.40. The molecule has 0 bridgehead atoms. The van der Waals surface area contributed by atoms with Crippen LogP contribution in [0.1, 0.15) is 20.8 Å². The van der Waals surface area contributed by atoms with E-state index in [0.717, 1.165) is 5.57 Å². The van der Waals surface area contributed by atoms with Gasteiger partial charge in [-0.25, -0.2) is 0 Å². The molecule has 1 aliphatic rings. The SMILES string of the molecule is CN=C/C=C1/C=CC(C(C)(C)C)=CC1=N. The van der Waals surface area contributed by atoms with Crippen LogP contribution in [0.25, 0.3) is 0 Å². The van der Waals surface area contributed by atoms with Gasteiger partial charge in [0, 0.05) is 18.8 Å². The minimum absolute atomic E-state index is 0.104. The standard InChI is InChI=1S/C13H18N2/c1-13(2,3)11-6-5-10(7-8-15-4)12(14)9-11/h5-9,14H,1-4H3/b10-7-,14-12?,15-8?. The average molecular weight is 202 g/mol. The van der Waals surface area contributed by atoms with E-state index in [0.29, 0.717) is 5.71 Å². The third kappa shape index (κ3) is 3.01. The Balaban J connectivity index is 2.94. The van der Waals surface area contributed by atoms with E-state index < -0.39 is 0 Å². The van der Waals surface area contributed by atoms with Gasteiger partial charge in [0.25, 0.3) is 0 Å². The van der Waals surface area contributed by atoms with Crippen LogP contribution in [0.2, 0.25) is 0 Å². The van der Waals surface area contributed by atoms with Crippen LogP contribution in [0, 0.1) is 10.8 Å². The third-order valence-corrected chi connectivity index (χ3v) is 2.32. The van der Waals surface area contributed by atoms with Gasteiger partial charge in [-0.15, -0.1) is 0 Å². The Labute approximate surface area is 91.6 Å². The minimum Gasteiger partial charge on any atom is -0.300 e. The molecule has 0 saturated carbocycles. The molecule has 2 heteroatoms. The molecule has 0 heterocycles. The maximum Gasteiger partial charge on any atom is 0.0615 e. The molecule has 0 aromatic carbocycles. The summed E-state index contributed by atoms with van der Waals surface area (Å²) in [7, 11) is 1.73. The van der Waals surface area contributed by atoms with Crippen molar-refractivity contribution in [1.29, 1.82) is 5.41 Å². The maximum absolute atomic E-state index is 7.88. The molecular weight excluding hydrogens is 184 g/mol. The van der Waals surface area contributed by atoms with Crippen LogP contribution in [-0.2, 0) is 0 Å². The van der Waals surface area contributed by atoms with Crippen molar-refractivity contribution in [2.45, 2.75) is 20.8 Å². The number of hydrogen-bond acceptors (Lipinski definition) is 2. The van der Waals surface area contributed by atoms with Crippen LogP contribution >= 0.6 is 0 Å². The molecule has 0 aromatic heterocycles. The first-order chi connectivity index (χ1) is 6.95. The highest BCUT2D eigenvalue weighted by Gasteiger charge is 2.18. The fourth-order valence-electron chi connectivity index (χ4n) is 1.32. The first-order valence-corrected chi connectivity index (χ1v) is 5.07. The van der Waals surface area contributed by atoms with E-state index in [1.165, 1.54) is 5.57 Å². The quantitative estimate of drug-likeness (QED) is 0.634. The molecule has 15 heavy (non-hydrogen) atoms. The molecule has 0 unspecified atom stereocenters. The first kappa shape index (κ1) is 11.6. The number of rotatable bonds is 1. The lowest BCUT2D eigenvalue weighted by Gasteiger charge is -2.23. The molecule has 0 aliphatic heterocycles. The second kappa shape index (κ2) is 4.39. The molecule has 0 aromatic rings. The van der Waals surface area contributed by atoms with E-state index in [1.807, 2.05) is 18.2 Å². The fourth-order valence-corrected chi connectivity index (χ4v) is 1.32. The Morgan fingerprint density at radius 2 is 1.93 bits per heavy atom. The molecule has 80 valence electrons. The van der Waals surface area contributed by atoms with Gasteiger partial charge >= 0.3 is 0 Å². The topological polar surface area (TPSA) is 36.2 Å². The second-order valence-corrected chi connectivity index (χ2v) is 4.63. The molecule has 0 atom stereocenters. The number of nitrogens with zero attached hydrogens (tertiary/aromatic N) is 1. The van der Waals surface area contributed by atoms with E-state index in [1.54, 1.807) is 13.3 Å². The molecule has 0 saturated heterocycles. The van der Waals surface area contributed by atoms with Gasteiger partial charge in [0.05, 0.1) is 5.71 Å². The number of hydrogen-bond donors (Lipinski definition) is 1. The van der Waals surface area contributed by atoms with E-state index in [9.17, 15) is 0 Å². The van der Waals surface area contributed by atoms with Crippen LogP contribution in [0.4, 0.5) is 0 Å². The van der Waals surface area contributed by atoms with Gasteiger partial charge in [0.2, 0.25) is 0 Å². The van der Waals surface area contributed by atoms with Crippen molar-refractivity contribution in [3.05, 3.63) is 35.5 Å². The number of aliphatic imine (C=N–C) groups is 1. The summed E-state index contributed by atoms with van der Waals surface area (Å²) in [4.78, 5) is 3.88. The maximum atomic E-state index is 7.88. The summed E-state index contributed by atoms with van der Waals surface area (Å²) in [6.45, 7) is 6.45. The number of allylic oxidation sites excluding steroid dienone is 6. The summed E-state index contributed by atoms with van der Waals surface area (Å²) in [5.74, 6) is 0. The molecule has 1 rings (SSSR count). The number of nitrogens with one attached hydrogen (secondary N) is 1. The molecule has 0 spiro atoms. The van der Waals surface area contributed by atoms with Gasteiger partial charge in [0.1, 0.15) is 0 Å². The van der Waals surface area contributed by atoms with Gasteiger partial charge in [-0.2, -0.15) is 0 Å². The smallest absolute Gasteiger partial charge is 0.0615 e. The van der Waals surface area contributed by atoms with Gasteiger partial charge in [0.15, 0.2) is 0 Å². The van der Waals surface area contributed by atoms with Crippen molar-refractivity contribution < 1.29 is 0 Å². The Morgan fingerprint density at radius 3 is 2.40 bits per heavy atom. The molecule has 0 radical (unpaired) electrons. The van der Waals surface area contributed by atoms with Gasteiger partial charge < -0.3 is 5.41 Å². The highest BCUT2D eigenvalue weighted by atomic mass is 14.6. The lowest BCUT2D eigenvalue weighted by molar-refractivity contribution is 0.517. The summed E-state index contributed by atoms with van der Waals surface area (Å²) in [5.41, 5.74) is 2.77. The second-order valence-electron chi connectivity index (χ2n) is 4.63. The van der Waals surface area contributed by atoms with Gasteiger partial charge in [-0.3, -0.25) is 4.99 Å². The van der Waals surface area contributed by atoms with Gasteiger partial charge in [-0.1, -0.05) is 32.9 Å². The highest BCUT2D eigenvalue weighted by molar-refractivity contribution is 6.12. The van der Waals surface area contributed by atoms with Crippen LogP contribution in [0.3, 0.4) is 0 Å². The molecule has 1 aliphatic carbocycles. The molecule has 0 fully saturated rings. The van der Waals surface area contributed by atoms with Crippen molar-refractivity contribution in [3.8, 4) is 0 Å². The molecule has 0 amide bonds.